The molecule has 2 N–H and O–H groups in total. The Bertz CT molecular complexity index is 1320. The number of nitrogens with zero attached hydrogens (tertiary/aromatic N) is 3. The van der Waals surface area contributed by atoms with Gasteiger partial charge in [0, 0.05) is 23.0 Å². The first-order chi connectivity index (χ1) is 17.6. The lowest BCUT2D eigenvalue weighted by atomic mass is 9.79. The second kappa shape index (κ2) is 9.66. The van der Waals surface area contributed by atoms with E-state index >= 15 is 0 Å². The lowest BCUT2D eigenvalue weighted by Crippen LogP contribution is -2.58. The van der Waals surface area contributed by atoms with Gasteiger partial charge in [-0.25, -0.2) is 0 Å². The summed E-state index contributed by atoms with van der Waals surface area (Å²) >= 11 is 0. The number of nitrogens with one attached hydrogen (secondary N) is 2. The molecule has 0 bridgehead atoms. The van der Waals surface area contributed by atoms with Crippen LogP contribution in [0.15, 0.2) is 23.1 Å². The van der Waals surface area contributed by atoms with Gasteiger partial charge in [-0.1, -0.05) is 38.5 Å². The molecule has 1 aromatic carbocycles. The van der Waals surface area contributed by atoms with E-state index in [0.29, 0.717) is 23.5 Å². The van der Waals surface area contributed by atoms with E-state index in [1.807, 2.05) is 23.7 Å². The average Bonchev–Trinajstić information content (AvgIpc) is 3.59. The number of likely N-dealkylation sites (tertiary alicyclic amines) is 1. The normalized spacial score (nSPS) is 21.4. The van der Waals surface area contributed by atoms with Gasteiger partial charge < -0.3 is 10.3 Å². The van der Waals surface area contributed by atoms with Crippen LogP contribution < -0.4 is 10.9 Å². The summed E-state index contributed by atoms with van der Waals surface area (Å²) in [5, 5.41) is 9.51. The maximum atomic E-state index is 13.6. The molecule has 0 unspecified atom stereocenters. The quantitative estimate of drug-likeness (QED) is 0.515. The third-order valence-electron chi connectivity index (χ3n) is 9.21. The standard InChI is InChI=1S/C29H39N5O2/c1-20-16-25-23(26-24(28(36)32-25)18-31-34(26)21-10-4-5-11-21)17-22(20)27(35)30-19-29(12-6-2-7-13-29)33-14-8-3-9-15-33/h16-18,21H,2-15,19H2,1H3,(H,30,35)(H,32,36). The van der Waals surface area contributed by atoms with Gasteiger partial charge in [0.1, 0.15) is 0 Å². The molecule has 7 nitrogen and oxygen atoms in total. The Kier molecular flexibility index (Phi) is 6.36. The van der Waals surface area contributed by atoms with Crippen molar-refractivity contribution >= 4 is 27.7 Å². The van der Waals surface area contributed by atoms with Crippen molar-refractivity contribution in [2.75, 3.05) is 19.6 Å². The molecule has 3 heterocycles. The van der Waals surface area contributed by atoms with Crippen molar-refractivity contribution in [3.8, 4) is 0 Å². The molecule has 0 spiro atoms. The van der Waals surface area contributed by atoms with Gasteiger partial charge >= 0.3 is 0 Å². The fourth-order valence-corrected chi connectivity index (χ4v) is 7.19. The van der Waals surface area contributed by atoms with Crippen LogP contribution >= 0.6 is 0 Å². The highest BCUT2D eigenvalue weighted by Gasteiger charge is 2.38. The van der Waals surface area contributed by atoms with Crippen molar-refractivity contribution in [2.45, 2.75) is 95.6 Å². The van der Waals surface area contributed by atoms with E-state index in [0.717, 1.165) is 47.9 Å². The first-order valence-corrected chi connectivity index (χ1v) is 14.1. The Morgan fingerprint density at radius 3 is 2.50 bits per heavy atom. The van der Waals surface area contributed by atoms with E-state index in [2.05, 4.69) is 20.3 Å². The summed E-state index contributed by atoms with van der Waals surface area (Å²) in [6.45, 7) is 4.99. The van der Waals surface area contributed by atoms with Crippen LogP contribution in [0.1, 0.15) is 99.0 Å². The smallest absolute Gasteiger partial charge is 0.259 e. The SMILES string of the molecule is Cc1cc2[nH]c(=O)c3cnn(C4CCCC4)c3c2cc1C(=O)NCC1(N2CCCCC2)CCCCC1. The Morgan fingerprint density at radius 1 is 1.03 bits per heavy atom. The molecule has 3 aromatic rings. The Morgan fingerprint density at radius 2 is 1.75 bits per heavy atom. The number of rotatable bonds is 5. The molecule has 1 aliphatic heterocycles. The minimum atomic E-state index is -0.112. The summed E-state index contributed by atoms with van der Waals surface area (Å²) in [4.78, 5) is 32.2. The van der Waals surface area contributed by atoms with Crippen LogP contribution in [0.5, 0.6) is 0 Å². The number of carbonyl (C=O) groups excluding carboxylic acids is 1. The molecular weight excluding hydrogens is 450 g/mol. The first-order valence-electron chi connectivity index (χ1n) is 14.1. The number of aromatic amines is 1. The van der Waals surface area contributed by atoms with Crippen LogP contribution in [0.2, 0.25) is 0 Å². The second-order valence-corrected chi connectivity index (χ2v) is 11.5. The predicted molar refractivity (Wildman–Crippen MR) is 144 cm³/mol. The second-order valence-electron chi connectivity index (χ2n) is 11.5. The van der Waals surface area contributed by atoms with Crippen molar-refractivity contribution in [3.05, 3.63) is 39.8 Å². The number of fused-ring (bicyclic) bond motifs is 3. The number of aromatic nitrogens is 3. The van der Waals surface area contributed by atoms with E-state index in [1.54, 1.807) is 6.20 Å². The Hall–Kier alpha value is -2.67. The molecule has 1 saturated heterocycles. The zero-order chi connectivity index (χ0) is 24.7. The molecule has 36 heavy (non-hydrogen) atoms. The van der Waals surface area contributed by atoms with Crippen LogP contribution in [0.3, 0.4) is 0 Å². The van der Waals surface area contributed by atoms with Gasteiger partial charge in [-0.15, -0.1) is 0 Å². The number of pyridine rings is 1. The van der Waals surface area contributed by atoms with E-state index in [1.165, 1.54) is 64.2 Å². The molecule has 7 heteroatoms. The van der Waals surface area contributed by atoms with Crippen LogP contribution in [0, 0.1) is 6.92 Å². The van der Waals surface area contributed by atoms with Gasteiger partial charge in [-0.3, -0.25) is 19.2 Å². The Labute approximate surface area is 212 Å². The van der Waals surface area contributed by atoms with Gasteiger partial charge in [0.15, 0.2) is 0 Å². The minimum Gasteiger partial charge on any atom is -0.350 e. The zero-order valence-corrected chi connectivity index (χ0v) is 21.6. The monoisotopic (exact) mass is 489 g/mol. The fraction of sp³-hybridized carbons (Fsp3) is 0.621. The van der Waals surface area contributed by atoms with Crippen LogP contribution in [0.4, 0.5) is 0 Å². The largest absolute Gasteiger partial charge is 0.350 e. The zero-order valence-electron chi connectivity index (χ0n) is 21.6. The number of piperidine rings is 1. The van der Waals surface area contributed by atoms with E-state index in [4.69, 9.17) is 0 Å². The van der Waals surface area contributed by atoms with Crippen molar-refractivity contribution in [1.82, 2.24) is 25.0 Å². The molecular formula is C29H39N5O2. The summed E-state index contributed by atoms with van der Waals surface area (Å²) in [6.07, 6.45) is 16.2. The minimum absolute atomic E-state index is 0.0114. The third-order valence-corrected chi connectivity index (χ3v) is 9.21. The first kappa shape index (κ1) is 23.7. The Balaban J connectivity index is 1.34. The number of amides is 1. The van der Waals surface area contributed by atoms with E-state index < -0.39 is 0 Å². The molecule has 6 rings (SSSR count). The number of aryl methyl sites for hydroxylation is 1. The fourth-order valence-electron chi connectivity index (χ4n) is 7.19. The lowest BCUT2D eigenvalue weighted by Gasteiger charge is -2.48. The van der Waals surface area contributed by atoms with E-state index in [-0.39, 0.29) is 17.0 Å². The molecule has 1 amide bonds. The molecule has 3 fully saturated rings. The summed E-state index contributed by atoms with van der Waals surface area (Å²) < 4.78 is 2.05. The summed E-state index contributed by atoms with van der Waals surface area (Å²) in [6, 6.07) is 4.26. The number of hydrogen-bond donors (Lipinski definition) is 2. The highest BCUT2D eigenvalue weighted by Crippen LogP contribution is 2.36. The number of carbonyl (C=O) groups is 1. The number of hydrogen-bond acceptors (Lipinski definition) is 4. The molecule has 2 saturated carbocycles. The predicted octanol–water partition coefficient (Wildman–Crippen LogP) is 5.22. The van der Waals surface area contributed by atoms with Crippen molar-refractivity contribution in [2.24, 2.45) is 0 Å². The molecule has 0 atom stereocenters. The summed E-state index contributed by atoms with van der Waals surface area (Å²) in [7, 11) is 0. The number of H-pyrrole nitrogens is 1. The van der Waals surface area contributed by atoms with Gasteiger partial charge in [0.25, 0.3) is 11.5 Å². The summed E-state index contributed by atoms with van der Waals surface area (Å²) in [5.41, 5.74) is 3.21. The van der Waals surface area contributed by atoms with Crippen molar-refractivity contribution in [1.29, 1.82) is 0 Å². The van der Waals surface area contributed by atoms with Crippen molar-refractivity contribution in [3.63, 3.8) is 0 Å². The lowest BCUT2D eigenvalue weighted by molar-refractivity contribution is 0.0326. The van der Waals surface area contributed by atoms with Gasteiger partial charge in [-0.2, -0.15) is 5.10 Å². The maximum Gasteiger partial charge on any atom is 0.259 e. The van der Waals surface area contributed by atoms with Crippen LogP contribution in [-0.4, -0.2) is 50.7 Å². The molecule has 3 aliphatic rings. The van der Waals surface area contributed by atoms with Gasteiger partial charge in [-0.05, 0) is 76.2 Å². The number of benzene rings is 1. The van der Waals surface area contributed by atoms with Gasteiger partial charge in [0.05, 0.1) is 28.7 Å². The molecule has 0 radical (unpaired) electrons. The maximum absolute atomic E-state index is 13.6. The van der Waals surface area contributed by atoms with Crippen LogP contribution in [0.25, 0.3) is 21.8 Å². The van der Waals surface area contributed by atoms with Crippen LogP contribution in [-0.2, 0) is 0 Å². The highest BCUT2D eigenvalue weighted by atomic mass is 16.1. The molecule has 2 aromatic heterocycles. The molecule has 2 aliphatic carbocycles. The van der Waals surface area contributed by atoms with Gasteiger partial charge in [0.2, 0.25) is 0 Å². The van der Waals surface area contributed by atoms with E-state index in [9.17, 15) is 9.59 Å². The van der Waals surface area contributed by atoms with Crippen molar-refractivity contribution < 1.29 is 4.79 Å². The summed E-state index contributed by atoms with van der Waals surface area (Å²) in [5.74, 6) is -0.0114. The molecule has 192 valence electrons. The highest BCUT2D eigenvalue weighted by molar-refractivity contribution is 6.07. The topological polar surface area (TPSA) is 83.0 Å². The average molecular weight is 490 g/mol. The third kappa shape index (κ3) is 4.15.